The van der Waals surface area contributed by atoms with Crippen LogP contribution in [0.2, 0.25) is 0 Å². The number of fused-ring (bicyclic) bond motifs is 3. The zero-order chi connectivity index (χ0) is 21.9. The number of halogens is 1. The van der Waals surface area contributed by atoms with Crippen LogP contribution in [0, 0.1) is 13.8 Å². The highest BCUT2D eigenvalue weighted by Crippen LogP contribution is 2.44. The van der Waals surface area contributed by atoms with Gasteiger partial charge in [-0.15, -0.1) is 22.9 Å². The highest BCUT2D eigenvalue weighted by molar-refractivity contribution is 7.19. The van der Waals surface area contributed by atoms with Crippen LogP contribution in [0.1, 0.15) is 61.1 Å². The van der Waals surface area contributed by atoms with Crippen LogP contribution in [0.5, 0.6) is 0 Å². The van der Waals surface area contributed by atoms with Gasteiger partial charge in [0.1, 0.15) is 4.83 Å². The molecular formula is C26H31ClN2OS. The molecule has 2 fully saturated rings. The predicted octanol–water partition coefficient (Wildman–Crippen LogP) is 6.73. The topological polar surface area (TPSA) is 36.1 Å². The molecule has 0 radical (unpaired) electrons. The van der Waals surface area contributed by atoms with Crippen molar-refractivity contribution in [1.29, 1.82) is 0 Å². The molecule has 0 spiro atoms. The second-order valence-corrected chi connectivity index (χ2v) is 11.4. The smallest absolute Gasteiger partial charge is 0.233 e. The number of aryl methyl sites for hydroxylation is 3. The molecule has 2 saturated heterocycles. The number of hydrogen-bond acceptors (Lipinski definition) is 2. The van der Waals surface area contributed by atoms with Gasteiger partial charge in [-0.25, -0.2) is 0 Å². The molecule has 0 unspecified atom stereocenters. The van der Waals surface area contributed by atoms with Gasteiger partial charge >= 0.3 is 0 Å². The first-order chi connectivity index (χ1) is 14.8. The molecule has 0 atom stereocenters. The normalized spacial score (nSPS) is 20.9. The second kappa shape index (κ2) is 7.67. The Bertz CT molecular complexity index is 1120. The molecule has 0 aliphatic carbocycles. The number of amides is 1. The molecule has 2 aliphatic rings. The van der Waals surface area contributed by atoms with Gasteiger partial charge in [0.05, 0.1) is 11.1 Å². The van der Waals surface area contributed by atoms with E-state index in [0.29, 0.717) is 23.9 Å². The first-order valence-electron chi connectivity index (χ1n) is 11.4. The number of rotatable bonds is 5. The summed E-state index contributed by atoms with van der Waals surface area (Å²) in [6.45, 7) is 8.48. The lowest BCUT2D eigenvalue weighted by Crippen LogP contribution is -2.45. The standard InChI is InChI=1S/C26H31ClN2OS/c1-15-11-16(2)13-17(12-15)23-20(9-10-27)21-14-22(31-24(21)28-23)26(3,4)25(30)29-18-5-6-19(29)8-7-18/h11-14,18-19,28H,5-10H2,1-4H3. The minimum absolute atomic E-state index is 0.301. The average molecular weight is 455 g/mol. The molecule has 3 nitrogen and oxygen atoms in total. The van der Waals surface area contributed by atoms with Crippen molar-refractivity contribution >= 4 is 39.1 Å². The van der Waals surface area contributed by atoms with Crippen molar-refractivity contribution in [3.63, 3.8) is 0 Å². The average Bonchev–Trinajstić information content (AvgIpc) is 3.47. The van der Waals surface area contributed by atoms with Gasteiger partial charge in [-0.1, -0.05) is 17.2 Å². The van der Waals surface area contributed by atoms with E-state index in [-0.39, 0.29) is 0 Å². The lowest BCUT2D eigenvalue weighted by Gasteiger charge is -2.31. The summed E-state index contributed by atoms with van der Waals surface area (Å²) in [6.07, 6.45) is 5.52. The Hall–Kier alpha value is -1.78. The summed E-state index contributed by atoms with van der Waals surface area (Å²) in [5.74, 6) is 0.880. The summed E-state index contributed by atoms with van der Waals surface area (Å²) in [5, 5.41) is 1.22. The fraction of sp³-hybridized carbons (Fsp3) is 0.500. The largest absolute Gasteiger partial charge is 0.346 e. The third-order valence-corrected chi connectivity index (χ3v) is 8.85. The number of aromatic nitrogens is 1. The van der Waals surface area contributed by atoms with Crippen molar-refractivity contribution in [3.05, 3.63) is 45.8 Å². The summed E-state index contributed by atoms with van der Waals surface area (Å²) in [4.78, 5) is 21.8. The maximum Gasteiger partial charge on any atom is 0.233 e. The molecule has 3 aromatic rings. The fourth-order valence-electron chi connectivity index (χ4n) is 5.73. The summed E-state index contributed by atoms with van der Waals surface area (Å²) in [5.41, 5.74) is 5.67. The number of benzene rings is 1. The number of alkyl halides is 1. The molecule has 164 valence electrons. The van der Waals surface area contributed by atoms with Gasteiger partial charge in [0, 0.05) is 28.2 Å². The quantitative estimate of drug-likeness (QED) is 0.426. The lowest BCUT2D eigenvalue weighted by molar-refractivity contribution is -0.137. The van der Waals surface area contributed by atoms with Crippen LogP contribution in [-0.4, -0.2) is 33.8 Å². The molecule has 2 aliphatic heterocycles. The zero-order valence-electron chi connectivity index (χ0n) is 18.8. The van der Waals surface area contributed by atoms with E-state index < -0.39 is 5.41 Å². The van der Waals surface area contributed by atoms with E-state index in [1.807, 2.05) is 0 Å². The Morgan fingerprint density at radius 2 is 1.71 bits per heavy atom. The van der Waals surface area contributed by atoms with Crippen LogP contribution in [-0.2, 0) is 16.6 Å². The number of carbonyl (C=O) groups is 1. The summed E-state index contributed by atoms with van der Waals surface area (Å²) < 4.78 is 0. The molecule has 2 bridgehead atoms. The Morgan fingerprint density at radius 1 is 1.10 bits per heavy atom. The molecule has 4 heterocycles. The first-order valence-corrected chi connectivity index (χ1v) is 12.8. The van der Waals surface area contributed by atoms with E-state index in [4.69, 9.17) is 11.6 Å². The van der Waals surface area contributed by atoms with Gasteiger partial charge in [-0.3, -0.25) is 4.79 Å². The number of nitrogens with zero attached hydrogens (tertiary/aromatic N) is 1. The van der Waals surface area contributed by atoms with Crippen molar-refractivity contribution in [2.75, 3.05) is 5.88 Å². The SMILES string of the molecule is Cc1cc(C)cc(-c2[nH]c3sc(C(C)(C)C(=O)N4C5CCC4CC5)cc3c2CCCl)c1. The minimum atomic E-state index is -0.506. The fourth-order valence-corrected chi connectivity index (χ4v) is 7.11. The van der Waals surface area contributed by atoms with Gasteiger partial charge < -0.3 is 9.88 Å². The molecule has 1 amide bonds. The van der Waals surface area contributed by atoms with Crippen molar-refractivity contribution in [1.82, 2.24) is 9.88 Å². The van der Waals surface area contributed by atoms with Crippen LogP contribution >= 0.6 is 22.9 Å². The predicted molar refractivity (Wildman–Crippen MR) is 131 cm³/mol. The van der Waals surface area contributed by atoms with E-state index >= 15 is 0 Å². The number of H-pyrrole nitrogens is 1. The van der Waals surface area contributed by atoms with Gasteiger partial charge in [0.15, 0.2) is 0 Å². The summed E-state index contributed by atoms with van der Waals surface area (Å²) >= 11 is 7.95. The minimum Gasteiger partial charge on any atom is -0.346 e. The molecule has 1 N–H and O–H groups in total. The molecule has 1 aromatic carbocycles. The van der Waals surface area contributed by atoms with Gasteiger partial charge in [0.2, 0.25) is 5.91 Å². The third-order valence-electron chi connectivity index (χ3n) is 7.29. The van der Waals surface area contributed by atoms with Crippen molar-refractivity contribution in [2.24, 2.45) is 0 Å². The second-order valence-electron chi connectivity index (χ2n) is 9.95. The van der Waals surface area contributed by atoms with E-state index in [1.54, 1.807) is 11.3 Å². The first kappa shape index (κ1) is 21.1. The Labute approximate surface area is 193 Å². The zero-order valence-corrected chi connectivity index (χ0v) is 20.4. The number of thiophene rings is 1. The summed E-state index contributed by atoms with van der Waals surface area (Å²) in [7, 11) is 0. The number of aromatic amines is 1. The van der Waals surface area contributed by atoms with Crippen molar-refractivity contribution in [3.8, 4) is 11.3 Å². The highest BCUT2D eigenvalue weighted by Gasteiger charge is 2.47. The number of carbonyl (C=O) groups excluding carboxylic acids is 1. The van der Waals surface area contributed by atoms with Crippen LogP contribution in [0.4, 0.5) is 0 Å². The molecule has 5 rings (SSSR count). The van der Waals surface area contributed by atoms with Gasteiger partial charge in [-0.05, 0) is 89.1 Å². The highest BCUT2D eigenvalue weighted by atomic mass is 35.5. The lowest BCUT2D eigenvalue weighted by atomic mass is 9.88. The molecule has 2 aromatic heterocycles. The van der Waals surface area contributed by atoms with E-state index in [2.05, 4.69) is 61.8 Å². The van der Waals surface area contributed by atoms with E-state index in [9.17, 15) is 4.79 Å². The number of nitrogens with one attached hydrogen (secondary N) is 1. The van der Waals surface area contributed by atoms with Gasteiger partial charge in [-0.2, -0.15) is 0 Å². The van der Waals surface area contributed by atoms with Crippen LogP contribution in [0.25, 0.3) is 21.5 Å². The van der Waals surface area contributed by atoms with E-state index in [1.165, 1.54) is 59.0 Å². The number of hydrogen-bond donors (Lipinski definition) is 1. The Morgan fingerprint density at radius 3 is 2.29 bits per heavy atom. The van der Waals surface area contributed by atoms with E-state index in [0.717, 1.165) is 16.1 Å². The molecular weight excluding hydrogens is 424 g/mol. The monoisotopic (exact) mass is 454 g/mol. The van der Waals surface area contributed by atoms with Crippen LogP contribution in [0.15, 0.2) is 24.3 Å². The van der Waals surface area contributed by atoms with Crippen LogP contribution < -0.4 is 0 Å². The van der Waals surface area contributed by atoms with Crippen molar-refractivity contribution < 1.29 is 4.79 Å². The Balaban J connectivity index is 1.55. The van der Waals surface area contributed by atoms with Crippen LogP contribution in [0.3, 0.4) is 0 Å². The van der Waals surface area contributed by atoms with Gasteiger partial charge in [0.25, 0.3) is 0 Å². The molecule has 0 saturated carbocycles. The summed E-state index contributed by atoms with van der Waals surface area (Å²) in [6, 6.07) is 9.85. The molecule has 31 heavy (non-hydrogen) atoms. The Kier molecular flexibility index (Phi) is 5.22. The maximum absolute atomic E-state index is 13.6. The third kappa shape index (κ3) is 3.43. The maximum atomic E-state index is 13.6. The van der Waals surface area contributed by atoms with Crippen molar-refractivity contribution in [2.45, 2.75) is 77.3 Å². The molecule has 5 heteroatoms.